The molecule has 0 atom stereocenters. The van der Waals surface area contributed by atoms with Crippen LogP contribution in [0.4, 0.5) is 13.2 Å². The van der Waals surface area contributed by atoms with E-state index in [0.717, 1.165) is 0 Å². The topological polar surface area (TPSA) is 0 Å². The van der Waals surface area contributed by atoms with Crippen molar-refractivity contribution in [3.63, 3.8) is 0 Å². The van der Waals surface area contributed by atoms with Crippen LogP contribution in [-0.4, -0.2) is 0 Å². The predicted octanol–water partition coefficient (Wildman–Crippen LogP) is 5.13. The largest absolute Gasteiger partial charge is 0.416 e. The van der Waals surface area contributed by atoms with E-state index in [1.807, 2.05) is 20.8 Å². The molecule has 0 spiro atoms. The van der Waals surface area contributed by atoms with Gasteiger partial charge in [0.25, 0.3) is 0 Å². The lowest BCUT2D eigenvalue weighted by Gasteiger charge is -2.23. The second-order valence-corrected chi connectivity index (χ2v) is 5.70. The van der Waals surface area contributed by atoms with E-state index < -0.39 is 11.7 Å². The molecule has 0 bridgehead atoms. The normalized spacial score (nSPS) is 13.2. The van der Waals surface area contributed by atoms with Crippen molar-refractivity contribution in [2.24, 2.45) is 0 Å². The molecule has 1 aromatic rings. The molecule has 0 saturated heterocycles. The lowest BCUT2D eigenvalue weighted by Crippen LogP contribution is -2.16. The zero-order valence-corrected chi connectivity index (χ0v) is 10.9. The second-order valence-electron chi connectivity index (χ2n) is 5.70. The minimum Gasteiger partial charge on any atom is -0.166 e. The van der Waals surface area contributed by atoms with Crippen LogP contribution >= 0.6 is 0 Å². The van der Waals surface area contributed by atoms with Crippen molar-refractivity contribution >= 4 is 0 Å². The molecule has 1 rings (SSSR count). The monoisotopic (exact) mass is 244 g/mol. The molecule has 0 radical (unpaired) electrons. The molecule has 96 valence electrons. The maximum absolute atomic E-state index is 13.0. The van der Waals surface area contributed by atoms with Crippen LogP contribution in [0, 0.1) is 0 Å². The van der Waals surface area contributed by atoms with E-state index in [0.29, 0.717) is 11.1 Å². The van der Waals surface area contributed by atoms with Crippen LogP contribution in [-0.2, 0) is 11.6 Å². The highest BCUT2D eigenvalue weighted by atomic mass is 19.4. The third kappa shape index (κ3) is 3.24. The minimum atomic E-state index is -4.28. The first-order chi connectivity index (χ1) is 7.53. The fourth-order valence-electron chi connectivity index (χ4n) is 1.77. The summed E-state index contributed by atoms with van der Waals surface area (Å²) in [5.41, 5.74) is 0.315. The molecule has 0 amide bonds. The highest BCUT2D eigenvalue weighted by Gasteiger charge is 2.34. The first-order valence-electron chi connectivity index (χ1n) is 5.75. The van der Waals surface area contributed by atoms with E-state index in [9.17, 15) is 13.2 Å². The first-order valence-corrected chi connectivity index (χ1v) is 5.75. The Morgan fingerprint density at radius 3 is 1.88 bits per heavy atom. The lowest BCUT2D eigenvalue weighted by atomic mass is 9.83. The SMILES string of the molecule is CC(C)c1ccc(C(C)(C)C)cc1C(F)(F)F. The average Bonchev–Trinajstić information content (AvgIpc) is 2.14. The van der Waals surface area contributed by atoms with Gasteiger partial charge in [0, 0.05) is 0 Å². The zero-order chi connectivity index (χ0) is 13.4. The van der Waals surface area contributed by atoms with Crippen molar-refractivity contribution < 1.29 is 13.2 Å². The molecular formula is C14H19F3. The highest BCUT2D eigenvalue weighted by molar-refractivity contribution is 5.38. The van der Waals surface area contributed by atoms with E-state index >= 15 is 0 Å². The molecule has 0 nitrogen and oxygen atoms in total. The average molecular weight is 244 g/mol. The summed E-state index contributed by atoms with van der Waals surface area (Å²) in [6.07, 6.45) is -4.28. The van der Waals surface area contributed by atoms with Crippen molar-refractivity contribution in [3.8, 4) is 0 Å². The summed E-state index contributed by atoms with van der Waals surface area (Å²) >= 11 is 0. The van der Waals surface area contributed by atoms with Crippen LogP contribution in [0.1, 0.15) is 57.2 Å². The van der Waals surface area contributed by atoms with Gasteiger partial charge in [-0.25, -0.2) is 0 Å². The predicted molar refractivity (Wildman–Crippen MR) is 64.2 cm³/mol. The van der Waals surface area contributed by atoms with Gasteiger partial charge >= 0.3 is 6.18 Å². The van der Waals surface area contributed by atoms with Gasteiger partial charge in [-0.3, -0.25) is 0 Å². The number of alkyl halides is 3. The van der Waals surface area contributed by atoms with Gasteiger partial charge < -0.3 is 0 Å². The van der Waals surface area contributed by atoms with Crippen molar-refractivity contribution in [1.29, 1.82) is 0 Å². The van der Waals surface area contributed by atoms with Crippen molar-refractivity contribution in [2.75, 3.05) is 0 Å². The van der Waals surface area contributed by atoms with Crippen LogP contribution in [0.2, 0.25) is 0 Å². The van der Waals surface area contributed by atoms with E-state index in [4.69, 9.17) is 0 Å². The molecule has 1 aromatic carbocycles. The summed E-state index contributed by atoms with van der Waals surface area (Å²) in [7, 11) is 0. The van der Waals surface area contributed by atoms with Crippen molar-refractivity contribution in [3.05, 3.63) is 34.9 Å². The quantitative estimate of drug-likeness (QED) is 0.642. The standard InChI is InChI=1S/C14H19F3/c1-9(2)11-7-6-10(13(3,4)5)8-12(11)14(15,16)17/h6-9H,1-5H3. The molecule has 0 heterocycles. The third-order valence-electron chi connectivity index (χ3n) is 2.85. The number of halogens is 3. The Kier molecular flexibility index (Phi) is 3.60. The Morgan fingerprint density at radius 2 is 1.53 bits per heavy atom. The molecule has 0 aliphatic rings. The highest BCUT2D eigenvalue weighted by Crippen LogP contribution is 2.37. The lowest BCUT2D eigenvalue weighted by molar-refractivity contribution is -0.138. The summed E-state index contributed by atoms with van der Waals surface area (Å²) in [6, 6.07) is 4.69. The smallest absolute Gasteiger partial charge is 0.166 e. The number of benzene rings is 1. The third-order valence-corrected chi connectivity index (χ3v) is 2.85. The van der Waals surface area contributed by atoms with E-state index in [1.54, 1.807) is 26.0 Å². The first kappa shape index (κ1) is 14.1. The molecule has 0 saturated carbocycles. The molecule has 0 aliphatic heterocycles. The number of hydrogen-bond donors (Lipinski definition) is 0. The maximum Gasteiger partial charge on any atom is 0.416 e. The van der Waals surface area contributed by atoms with E-state index in [1.165, 1.54) is 6.07 Å². The van der Waals surface area contributed by atoms with Crippen LogP contribution in [0.3, 0.4) is 0 Å². The van der Waals surface area contributed by atoms with Crippen LogP contribution < -0.4 is 0 Å². The molecule has 0 fully saturated rings. The molecule has 0 unspecified atom stereocenters. The fraction of sp³-hybridized carbons (Fsp3) is 0.571. The Balaban J connectivity index is 3.41. The molecule has 0 N–H and O–H groups in total. The number of rotatable bonds is 1. The zero-order valence-electron chi connectivity index (χ0n) is 10.9. The van der Waals surface area contributed by atoms with Crippen LogP contribution in [0.15, 0.2) is 18.2 Å². The van der Waals surface area contributed by atoms with Gasteiger partial charge in [0.1, 0.15) is 0 Å². The molecule has 0 aliphatic carbocycles. The van der Waals surface area contributed by atoms with Gasteiger partial charge in [0.05, 0.1) is 5.56 Å². The van der Waals surface area contributed by atoms with Gasteiger partial charge in [-0.2, -0.15) is 13.2 Å². The molecule has 3 heteroatoms. The van der Waals surface area contributed by atoms with Crippen molar-refractivity contribution in [2.45, 2.75) is 52.1 Å². The summed E-state index contributed by atoms with van der Waals surface area (Å²) in [4.78, 5) is 0. The molecular weight excluding hydrogens is 225 g/mol. The Hall–Kier alpha value is -0.990. The van der Waals surface area contributed by atoms with Gasteiger partial charge in [0.2, 0.25) is 0 Å². The Labute approximate surface area is 101 Å². The van der Waals surface area contributed by atoms with E-state index in [-0.39, 0.29) is 11.3 Å². The van der Waals surface area contributed by atoms with Gasteiger partial charge in [-0.1, -0.05) is 46.8 Å². The number of hydrogen-bond acceptors (Lipinski definition) is 0. The van der Waals surface area contributed by atoms with Crippen LogP contribution in [0.25, 0.3) is 0 Å². The Morgan fingerprint density at radius 1 is 1.00 bits per heavy atom. The van der Waals surface area contributed by atoms with Gasteiger partial charge in [0.15, 0.2) is 0 Å². The van der Waals surface area contributed by atoms with Crippen LogP contribution in [0.5, 0.6) is 0 Å². The van der Waals surface area contributed by atoms with Gasteiger partial charge in [-0.15, -0.1) is 0 Å². The Bertz CT molecular complexity index is 395. The molecule has 17 heavy (non-hydrogen) atoms. The van der Waals surface area contributed by atoms with Crippen molar-refractivity contribution in [1.82, 2.24) is 0 Å². The summed E-state index contributed by atoms with van der Waals surface area (Å²) in [5, 5.41) is 0. The fourth-order valence-corrected chi connectivity index (χ4v) is 1.77. The molecule has 0 aromatic heterocycles. The maximum atomic E-state index is 13.0. The summed E-state index contributed by atoms with van der Waals surface area (Å²) in [5.74, 6) is -0.124. The minimum absolute atomic E-state index is 0.124. The van der Waals surface area contributed by atoms with E-state index in [2.05, 4.69) is 0 Å². The summed E-state index contributed by atoms with van der Waals surface area (Å²) in [6.45, 7) is 9.30. The van der Waals surface area contributed by atoms with Gasteiger partial charge in [-0.05, 0) is 28.5 Å². The summed E-state index contributed by atoms with van der Waals surface area (Å²) < 4.78 is 38.9. The second kappa shape index (κ2) is 4.35.